The third-order valence-corrected chi connectivity index (χ3v) is 5.81. The van der Waals surface area contributed by atoms with Crippen LogP contribution in [0, 0.1) is 0 Å². The Bertz CT molecular complexity index is 894. The lowest BCUT2D eigenvalue weighted by Gasteiger charge is -2.21. The second kappa shape index (κ2) is 8.87. The molecule has 3 nitrogen and oxygen atoms in total. The highest BCUT2D eigenvalue weighted by molar-refractivity contribution is 7.10. The predicted octanol–water partition coefficient (Wildman–Crippen LogP) is 5.09. The van der Waals surface area contributed by atoms with Crippen molar-refractivity contribution in [3.8, 4) is 17.0 Å². The molecule has 4 heteroatoms. The van der Waals surface area contributed by atoms with Crippen molar-refractivity contribution in [3.05, 3.63) is 70.5 Å². The summed E-state index contributed by atoms with van der Waals surface area (Å²) in [5.41, 5.74) is 4.89. The van der Waals surface area contributed by atoms with E-state index in [2.05, 4.69) is 84.3 Å². The molecule has 1 heterocycles. The van der Waals surface area contributed by atoms with Crippen LogP contribution in [0.1, 0.15) is 24.4 Å². The van der Waals surface area contributed by atoms with Crippen molar-refractivity contribution in [2.75, 3.05) is 20.2 Å². The lowest BCUT2D eigenvalue weighted by Crippen LogP contribution is -2.35. The van der Waals surface area contributed by atoms with Crippen molar-refractivity contribution < 1.29 is 9.30 Å². The summed E-state index contributed by atoms with van der Waals surface area (Å²) >= 11 is 1.79. The minimum absolute atomic E-state index is 0.879. The topological polar surface area (TPSA) is 16.4 Å². The number of benzene rings is 2. The van der Waals surface area contributed by atoms with Crippen LogP contribution in [0.5, 0.6) is 5.75 Å². The van der Waals surface area contributed by atoms with Gasteiger partial charge in [0.1, 0.15) is 18.5 Å². The molecule has 0 amide bonds. The minimum atomic E-state index is 0.879. The van der Waals surface area contributed by atoms with Crippen molar-refractivity contribution in [3.63, 3.8) is 0 Å². The standard InChI is InChI=1S/C23H27N2OS/c1-5-25(6-2)21(16-18-10-8-7-9-11-18)23-24(3)22(17-27-23)19-12-14-20(26-4)15-13-19/h7-17H,5-6H2,1-4H3/q+1/b21-16+. The van der Waals surface area contributed by atoms with E-state index >= 15 is 0 Å². The molecule has 0 unspecified atom stereocenters. The summed E-state index contributed by atoms with van der Waals surface area (Å²) in [6.07, 6.45) is 2.29. The van der Waals surface area contributed by atoms with Gasteiger partial charge in [0.05, 0.1) is 12.5 Å². The third-order valence-electron chi connectivity index (χ3n) is 4.76. The summed E-state index contributed by atoms with van der Waals surface area (Å²) in [5.74, 6) is 0.879. The summed E-state index contributed by atoms with van der Waals surface area (Å²) < 4.78 is 7.58. The zero-order chi connectivity index (χ0) is 19.2. The van der Waals surface area contributed by atoms with Crippen LogP contribution in [0.25, 0.3) is 23.0 Å². The van der Waals surface area contributed by atoms with Crippen molar-refractivity contribution in [1.82, 2.24) is 4.90 Å². The molecule has 0 atom stereocenters. The molecule has 0 aliphatic carbocycles. The van der Waals surface area contributed by atoms with Gasteiger partial charge in [-0.25, -0.2) is 0 Å². The number of methoxy groups -OCH3 is 1. The van der Waals surface area contributed by atoms with E-state index in [1.807, 2.05) is 12.1 Å². The molecular weight excluding hydrogens is 352 g/mol. The lowest BCUT2D eigenvalue weighted by molar-refractivity contribution is -0.658. The van der Waals surface area contributed by atoms with Gasteiger partial charge in [0.25, 0.3) is 5.01 Å². The molecule has 0 spiro atoms. The first-order chi connectivity index (χ1) is 13.2. The molecule has 0 radical (unpaired) electrons. The Labute approximate surface area is 166 Å². The van der Waals surface area contributed by atoms with E-state index in [-0.39, 0.29) is 0 Å². The number of hydrogen-bond acceptors (Lipinski definition) is 3. The predicted molar refractivity (Wildman–Crippen MR) is 115 cm³/mol. The van der Waals surface area contributed by atoms with Gasteiger partial charge in [-0.3, -0.25) is 0 Å². The molecule has 0 N–H and O–H groups in total. The number of rotatable bonds is 7. The number of nitrogens with zero attached hydrogens (tertiary/aromatic N) is 2. The van der Waals surface area contributed by atoms with Gasteiger partial charge in [-0.05, 0) is 49.8 Å². The van der Waals surface area contributed by atoms with E-state index in [0.29, 0.717) is 0 Å². The van der Waals surface area contributed by atoms with Gasteiger partial charge in [-0.15, -0.1) is 0 Å². The highest BCUT2D eigenvalue weighted by Gasteiger charge is 2.24. The number of hydrogen-bond donors (Lipinski definition) is 0. The van der Waals surface area contributed by atoms with Crippen LogP contribution in [-0.2, 0) is 7.05 Å². The molecule has 0 saturated carbocycles. The first-order valence-electron chi connectivity index (χ1n) is 9.31. The average Bonchev–Trinajstić information content (AvgIpc) is 3.10. The zero-order valence-corrected chi connectivity index (χ0v) is 17.3. The van der Waals surface area contributed by atoms with E-state index in [0.717, 1.165) is 18.8 Å². The maximum Gasteiger partial charge on any atom is 0.285 e. The smallest absolute Gasteiger partial charge is 0.285 e. The van der Waals surface area contributed by atoms with Crippen molar-refractivity contribution in [1.29, 1.82) is 0 Å². The maximum atomic E-state index is 5.29. The molecule has 0 aliphatic rings. The Balaban J connectivity index is 2.05. The summed E-state index contributed by atoms with van der Waals surface area (Å²) in [5, 5.41) is 3.49. The Morgan fingerprint density at radius 1 is 1.04 bits per heavy atom. The molecule has 2 aromatic carbocycles. The van der Waals surface area contributed by atoms with Crippen LogP contribution in [0.4, 0.5) is 0 Å². The van der Waals surface area contributed by atoms with E-state index in [1.165, 1.54) is 27.5 Å². The van der Waals surface area contributed by atoms with Crippen molar-refractivity contribution in [2.45, 2.75) is 13.8 Å². The summed E-state index contributed by atoms with van der Waals surface area (Å²) in [4.78, 5) is 2.41. The van der Waals surface area contributed by atoms with Crippen LogP contribution >= 0.6 is 11.3 Å². The Morgan fingerprint density at radius 2 is 1.70 bits per heavy atom. The second-order valence-corrected chi connectivity index (χ2v) is 7.18. The zero-order valence-electron chi connectivity index (χ0n) is 16.5. The maximum absolute atomic E-state index is 5.29. The van der Waals surface area contributed by atoms with E-state index in [4.69, 9.17) is 4.74 Å². The number of ether oxygens (including phenoxy) is 1. The molecule has 0 fully saturated rings. The normalized spacial score (nSPS) is 11.5. The fourth-order valence-electron chi connectivity index (χ4n) is 3.19. The molecule has 3 rings (SSSR count). The molecule has 0 saturated heterocycles. The van der Waals surface area contributed by atoms with Gasteiger partial charge in [0, 0.05) is 18.7 Å². The molecule has 0 aliphatic heterocycles. The van der Waals surface area contributed by atoms with Crippen LogP contribution < -0.4 is 9.30 Å². The Kier molecular flexibility index (Phi) is 6.30. The van der Waals surface area contributed by atoms with Crippen LogP contribution in [0.3, 0.4) is 0 Å². The Hall–Kier alpha value is -2.59. The monoisotopic (exact) mass is 379 g/mol. The summed E-state index contributed by atoms with van der Waals surface area (Å²) in [6, 6.07) is 18.8. The first kappa shape index (κ1) is 19.2. The van der Waals surface area contributed by atoms with Crippen LogP contribution in [0.15, 0.2) is 60.0 Å². The molecule has 140 valence electrons. The SMILES string of the molecule is CCN(CC)/C(=C/c1ccccc1)c1scc(-c2ccc(OC)cc2)[n+]1C. The third kappa shape index (κ3) is 4.22. The van der Waals surface area contributed by atoms with Crippen LogP contribution in [0.2, 0.25) is 0 Å². The quantitative estimate of drug-likeness (QED) is 0.532. The fraction of sp³-hybridized carbons (Fsp3) is 0.261. The van der Waals surface area contributed by atoms with Crippen LogP contribution in [-0.4, -0.2) is 25.1 Å². The molecule has 0 bridgehead atoms. The first-order valence-corrected chi connectivity index (χ1v) is 10.2. The number of aromatic nitrogens is 1. The van der Waals surface area contributed by atoms with Crippen molar-refractivity contribution >= 4 is 23.1 Å². The van der Waals surface area contributed by atoms with Gasteiger partial charge in [0.15, 0.2) is 0 Å². The van der Waals surface area contributed by atoms with Gasteiger partial charge in [-0.2, -0.15) is 4.57 Å². The molecular formula is C23H27N2OS+. The van der Waals surface area contributed by atoms with E-state index in [1.54, 1.807) is 18.4 Å². The average molecular weight is 380 g/mol. The lowest BCUT2D eigenvalue weighted by atomic mass is 10.1. The molecule has 27 heavy (non-hydrogen) atoms. The fourth-order valence-corrected chi connectivity index (χ4v) is 4.28. The van der Waals surface area contributed by atoms with Crippen molar-refractivity contribution in [2.24, 2.45) is 7.05 Å². The largest absolute Gasteiger partial charge is 0.497 e. The van der Waals surface area contributed by atoms with Gasteiger partial charge < -0.3 is 9.64 Å². The highest BCUT2D eigenvalue weighted by atomic mass is 32.1. The van der Waals surface area contributed by atoms with Gasteiger partial charge >= 0.3 is 0 Å². The number of thiazole rings is 1. The summed E-state index contributed by atoms with van der Waals surface area (Å²) in [7, 11) is 3.84. The van der Waals surface area contributed by atoms with Gasteiger partial charge in [-0.1, -0.05) is 41.7 Å². The molecule has 1 aromatic heterocycles. The highest BCUT2D eigenvalue weighted by Crippen LogP contribution is 2.28. The summed E-state index contributed by atoms with van der Waals surface area (Å²) in [6.45, 7) is 6.37. The molecule has 3 aromatic rings. The second-order valence-electron chi connectivity index (χ2n) is 6.33. The Morgan fingerprint density at radius 3 is 2.30 bits per heavy atom. The van der Waals surface area contributed by atoms with E-state index in [9.17, 15) is 0 Å². The minimum Gasteiger partial charge on any atom is -0.497 e. The van der Waals surface area contributed by atoms with Gasteiger partial charge in [0.2, 0.25) is 5.69 Å². The van der Waals surface area contributed by atoms with E-state index < -0.39 is 0 Å².